The molecule has 1 aromatic rings. The van der Waals surface area contributed by atoms with Gasteiger partial charge < -0.3 is 10.2 Å². The second-order valence-electron chi connectivity index (χ2n) is 5.16. The van der Waals surface area contributed by atoms with E-state index in [4.69, 9.17) is 0 Å². The lowest BCUT2D eigenvalue weighted by molar-refractivity contribution is 0.0719. The van der Waals surface area contributed by atoms with E-state index in [0.29, 0.717) is 6.04 Å². The van der Waals surface area contributed by atoms with Crippen LogP contribution in [0.15, 0.2) is 22.7 Å². The molecule has 0 aliphatic carbocycles. The highest BCUT2D eigenvalue weighted by atomic mass is 79.9. The minimum atomic E-state index is 0. The molecule has 1 atom stereocenters. The Labute approximate surface area is 135 Å². The third-order valence-electron chi connectivity index (χ3n) is 3.91. The predicted octanol–water partition coefficient (Wildman–Crippen LogP) is 3.39. The Morgan fingerprint density at radius 3 is 2.85 bits per heavy atom. The first-order valence-electron chi connectivity index (χ1n) is 6.84. The van der Waals surface area contributed by atoms with Crippen LogP contribution in [0.5, 0.6) is 0 Å². The van der Waals surface area contributed by atoms with Crippen molar-refractivity contribution < 1.29 is 4.79 Å². The summed E-state index contributed by atoms with van der Waals surface area (Å²) < 4.78 is 0.995. The fourth-order valence-electron chi connectivity index (χ4n) is 2.58. The zero-order chi connectivity index (χ0) is 13.8. The molecule has 0 radical (unpaired) electrons. The van der Waals surface area contributed by atoms with E-state index in [2.05, 4.69) is 21.2 Å². The summed E-state index contributed by atoms with van der Waals surface area (Å²) in [5.74, 6) is 0.130. The fraction of sp³-hybridized carbons (Fsp3) is 0.533. The molecule has 1 saturated heterocycles. The maximum absolute atomic E-state index is 12.6. The molecular formula is C15H22BrClN2O. The van der Waals surface area contributed by atoms with Crippen LogP contribution in [-0.2, 0) is 0 Å². The van der Waals surface area contributed by atoms with Gasteiger partial charge in [-0.25, -0.2) is 0 Å². The highest BCUT2D eigenvalue weighted by molar-refractivity contribution is 9.10. The van der Waals surface area contributed by atoms with Crippen molar-refractivity contribution in [2.75, 3.05) is 20.1 Å². The first-order chi connectivity index (χ1) is 9.11. The maximum Gasteiger partial charge on any atom is 0.254 e. The summed E-state index contributed by atoms with van der Waals surface area (Å²) in [5, 5.41) is 3.39. The molecule has 1 aromatic carbocycles. The van der Waals surface area contributed by atoms with Crippen LogP contribution in [0.25, 0.3) is 0 Å². The lowest BCUT2D eigenvalue weighted by atomic mass is 10.0. The molecule has 0 spiro atoms. The summed E-state index contributed by atoms with van der Waals surface area (Å²) in [6, 6.07) is 6.16. The number of carbonyl (C=O) groups is 1. The van der Waals surface area contributed by atoms with Crippen LogP contribution >= 0.6 is 28.3 Å². The Morgan fingerprint density at radius 2 is 2.10 bits per heavy atom. The smallest absolute Gasteiger partial charge is 0.254 e. The SMILES string of the molecule is Cc1c(Br)cccc1C(=O)N(C)C1CCCNCC1.Cl. The topological polar surface area (TPSA) is 32.3 Å². The van der Waals surface area contributed by atoms with Crippen molar-refractivity contribution in [2.45, 2.75) is 32.2 Å². The third-order valence-corrected chi connectivity index (χ3v) is 4.77. The maximum atomic E-state index is 12.6. The fourth-order valence-corrected chi connectivity index (χ4v) is 2.95. The zero-order valence-electron chi connectivity index (χ0n) is 12.0. The number of benzene rings is 1. The molecule has 20 heavy (non-hydrogen) atoms. The van der Waals surface area contributed by atoms with Gasteiger partial charge in [-0.2, -0.15) is 0 Å². The molecule has 1 amide bonds. The van der Waals surface area contributed by atoms with Crippen LogP contribution in [0.2, 0.25) is 0 Å². The van der Waals surface area contributed by atoms with Gasteiger partial charge in [0.05, 0.1) is 0 Å². The van der Waals surface area contributed by atoms with E-state index in [-0.39, 0.29) is 18.3 Å². The molecule has 0 saturated carbocycles. The lowest BCUT2D eigenvalue weighted by Gasteiger charge is -2.27. The minimum absolute atomic E-state index is 0. The number of carbonyl (C=O) groups excluding carboxylic acids is 1. The number of hydrogen-bond acceptors (Lipinski definition) is 2. The van der Waals surface area contributed by atoms with Gasteiger partial charge in [-0.3, -0.25) is 4.79 Å². The minimum Gasteiger partial charge on any atom is -0.339 e. The van der Waals surface area contributed by atoms with Gasteiger partial charge in [-0.15, -0.1) is 12.4 Å². The Morgan fingerprint density at radius 1 is 1.35 bits per heavy atom. The summed E-state index contributed by atoms with van der Waals surface area (Å²) in [4.78, 5) is 14.5. The Hall–Kier alpha value is -0.580. The normalized spacial score (nSPS) is 18.9. The van der Waals surface area contributed by atoms with Gasteiger partial charge in [0.2, 0.25) is 0 Å². The zero-order valence-corrected chi connectivity index (χ0v) is 14.4. The van der Waals surface area contributed by atoms with E-state index in [1.807, 2.05) is 37.1 Å². The van der Waals surface area contributed by atoms with Gasteiger partial charge in [0.25, 0.3) is 5.91 Å². The average Bonchev–Trinajstić information content (AvgIpc) is 2.69. The molecule has 3 nitrogen and oxygen atoms in total. The molecule has 1 N–H and O–H groups in total. The number of nitrogens with zero attached hydrogens (tertiary/aromatic N) is 1. The van der Waals surface area contributed by atoms with Crippen molar-refractivity contribution in [3.8, 4) is 0 Å². The third kappa shape index (κ3) is 3.96. The van der Waals surface area contributed by atoms with Crippen molar-refractivity contribution in [2.24, 2.45) is 0 Å². The number of nitrogens with one attached hydrogen (secondary N) is 1. The van der Waals surface area contributed by atoms with Crippen LogP contribution in [0.3, 0.4) is 0 Å². The molecule has 1 aliphatic rings. The Balaban J connectivity index is 0.00000200. The van der Waals surface area contributed by atoms with Gasteiger partial charge in [0, 0.05) is 23.1 Å². The number of halogens is 2. The van der Waals surface area contributed by atoms with Crippen molar-refractivity contribution in [3.63, 3.8) is 0 Å². The molecule has 0 aromatic heterocycles. The predicted molar refractivity (Wildman–Crippen MR) is 88.7 cm³/mol. The largest absolute Gasteiger partial charge is 0.339 e. The van der Waals surface area contributed by atoms with E-state index in [1.54, 1.807) is 0 Å². The summed E-state index contributed by atoms with van der Waals surface area (Å²) in [7, 11) is 1.93. The number of hydrogen-bond donors (Lipinski definition) is 1. The molecule has 1 fully saturated rings. The summed E-state index contributed by atoms with van der Waals surface area (Å²) >= 11 is 3.49. The van der Waals surface area contributed by atoms with Gasteiger partial charge in [0.15, 0.2) is 0 Å². The highest BCUT2D eigenvalue weighted by Gasteiger charge is 2.23. The number of amides is 1. The molecule has 1 aliphatic heterocycles. The summed E-state index contributed by atoms with van der Waals surface area (Å²) in [6.07, 6.45) is 3.26. The Bertz CT molecular complexity index is 459. The highest BCUT2D eigenvalue weighted by Crippen LogP contribution is 2.22. The monoisotopic (exact) mass is 360 g/mol. The Kier molecular flexibility index (Phi) is 7.00. The van der Waals surface area contributed by atoms with E-state index in [0.717, 1.165) is 48.0 Å². The standard InChI is InChI=1S/C15H21BrN2O.ClH/c1-11-13(6-3-7-14(11)16)15(19)18(2)12-5-4-9-17-10-8-12;/h3,6-7,12,17H,4-5,8-10H2,1-2H3;1H. The second-order valence-corrected chi connectivity index (χ2v) is 6.02. The van der Waals surface area contributed by atoms with Gasteiger partial charge in [0.1, 0.15) is 0 Å². The quantitative estimate of drug-likeness (QED) is 0.875. The van der Waals surface area contributed by atoms with Crippen molar-refractivity contribution >= 4 is 34.2 Å². The van der Waals surface area contributed by atoms with Gasteiger partial charge in [-0.1, -0.05) is 22.0 Å². The summed E-state index contributed by atoms with van der Waals surface area (Å²) in [6.45, 7) is 4.05. The van der Waals surface area contributed by atoms with Crippen LogP contribution in [-0.4, -0.2) is 37.0 Å². The lowest BCUT2D eigenvalue weighted by Crippen LogP contribution is -2.37. The molecular weight excluding hydrogens is 340 g/mol. The van der Waals surface area contributed by atoms with E-state index in [1.165, 1.54) is 0 Å². The van der Waals surface area contributed by atoms with Crippen molar-refractivity contribution in [3.05, 3.63) is 33.8 Å². The average molecular weight is 362 g/mol. The molecule has 1 heterocycles. The van der Waals surface area contributed by atoms with Gasteiger partial charge >= 0.3 is 0 Å². The molecule has 5 heteroatoms. The van der Waals surface area contributed by atoms with E-state index >= 15 is 0 Å². The first-order valence-corrected chi connectivity index (χ1v) is 7.63. The summed E-state index contributed by atoms with van der Waals surface area (Å²) in [5.41, 5.74) is 1.82. The van der Waals surface area contributed by atoms with Crippen molar-refractivity contribution in [1.29, 1.82) is 0 Å². The molecule has 0 bridgehead atoms. The molecule has 1 unspecified atom stereocenters. The molecule has 2 rings (SSSR count). The van der Waals surface area contributed by atoms with Crippen LogP contribution in [0.4, 0.5) is 0 Å². The van der Waals surface area contributed by atoms with E-state index in [9.17, 15) is 4.79 Å². The van der Waals surface area contributed by atoms with E-state index < -0.39 is 0 Å². The van der Waals surface area contributed by atoms with Crippen LogP contribution in [0, 0.1) is 6.92 Å². The number of rotatable bonds is 2. The first kappa shape index (κ1) is 17.5. The molecule has 112 valence electrons. The van der Waals surface area contributed by atoms with Gasteiger partial charge in [-0.05, 0) is 57.0 Å². The van der Waals surface area contributed by atoms with Crippen molar-refractivity contribution in [1.82, 2.24) is 10.2 Å². The van der Waals surface area contributed by atoms with Crippen LogP contribution < -0.4 is 5.32 Å². The van der Waals surface area contributed by atoms with Crippen LogP contribution in [0.1, 0.15) is 35.2 Å². The second kappa shape index (κ2) is 8.01.